The third-order valence-electron chi connectivity index (χ3n) is 4.00. The molecule has 1 aliphatic carbocycles. The van der Waals surface area contributed by atoms with Crippen molar-refractivity contribution in [1.82, 2.24) is 0 Å². The Morgan fingerprint density at radius 1 is 1.30 bits per heavy atom. The van der Waals surface area contributed by atoms with Gasteiger partial charge in [0.25, 0.3) is 0 Å². The smallest absolute Gasteiger partial charge is 0.338 e. The van der Waals surface area contributed by atoms with Crippen LogP contribution in [-0.2, 0) is 9.53 Å². The Morgan fingerprint density at radius 3 is 2.45 bits per heavy atom. The van der Waals surface area contributed by atoms with E-state index < -0.39 is 5.97 Å². The van der Waals surface area contributed by atoms with Crippen LogP contribution in [-0.4, -0.2) is 24.2 Å². The van der Waals surface area contributed by atoms with E-state index in [0.717, 1.165) is 29.5 Å². The molecule has 2 rings (SSSR count). The number of carbonyl (C=O) groups excluding carboxylic acids is 1. The van der Waals surface area contributed by atoms with E-state index >= 15 is 0 Å². The first kappa shape index (κ1) is 14.6. The molecule has 1 atom stereocenters. The largest absolute Gasteiger partial charge is 0.481 e. The fourth-order valence-electron chi connectivity index (χ4n) is 2.82. The summed E-state index contributed by atoms with van der Waals surface area (Å²) in [5.41, 5.74) is 3.42. The van der Waals surface area contributed by atoms with Crippen molar-refractivity contribution in [2.45, 2.75) is 39.0 Å². The van der Waals surface area contributed by atoms with Crippen LogP contribution < -0.4 is 0 Å². The summed E-state index contributed by atoms with van der Waals surface area (Å²) >= 11 is 0. The molecular weight excluding hydrogens is 256 g/mol. The third-order valence-corrected chi connectivity index (χ3v) is 4.00. The van der Waals surface area contributed by atoms with Gasteiger partial charge in [-0.25, -0.2) is 4.79 Å². The van der Waals surface area contributed by atoms with E-state index in [-0.39, 0.29) is 18.3 Å². The SMILES string of the molecule is COC(=O)c1cc(C(CC(=O)O)C2CC2)c(C)cc1C. The molecule has 0 aromatic heterocycles. The number of aliphatic carboxylic acids is 1. The molecule has 4 heteroatoms. The Balaban J connectivity index is 2.43. The van der Waals surface area contributed by atoms with Crippen molar-refractivity contribution in [1.29, 1.82) is 0 Å². The van der Waals surface area contributed by atoms with Crippen LogP contribution in [0.4, 0.5) is 0 Å². The van der Waals surface area contributed by atoms with Crippen molar-refractivity contribution in [3.63, 3.8) is 0 Å². The summed E-state index contributed by atoms with van der Waals surface area (Å²) in [6.07, 6.45) is 2.26. The second-order valence-electron chi connectivity index (χ2n) is 5.56. The normalized spacial score (nSPS) is 15.8. The lowest BCUT2D eigenvalue weighted by atomic mass is 9.85. The zero-order valence-corrected chi connectivity index (χ0v) is 12.1. The Labute approximate surface area is 118 Å². The standard InChI is InChI=1S/C16H20O4/c1-9-6-10(2)13(16(19)20-3)7-12(9)14(8-15(17)18)11-4-5-11/h6-7,11,14H,4-5,8H2,1-3H3,(H,17,18). The number of benzene rings is 1. The molecule has 0 radical (unpaired) electrons. The number of aryl methyl sites for hydroxylation is 2. The fourth-order valence-corrected chi connectivity index (χ4v) is 2.82. The second-order valence-corrected chi connectivity index (χ2v) is 5.56. The highest BCUT2D eigenvalue weighted by Crippen LogP contribution is 2.45. The van der Waals surface area contributed by atoms with Crippen molar-refractivity contribution < 1.29 is 19.4 Å². The fraction of sp³-hybridized carbons (Fsp3) is 0.500. The number of methoxy groups -OCH3 is 1. The number of carbonyl (C=O) groups is 2. The van der Waals surface area contributed by atoms with Crippen LogP contribution in [0.5, 0.6) is 0 Å². The van der Waals surface area contributed by atoms with Crippen LogP contribution >= 0.6 is 0 Å². The summed E-state index contributed by atoms with van der Waals surface area (Å²) in [5.74, 6) is -0.732. The maximum Gasteiger partial charge on any atom is 0.338 e. The second kappa shape index (κ2) is 5.65. The number of carboxylic acids is 1. The molecule has 0 heterocycles. The van der Waals surface area contributed by atoms with Gasteiger partial charge in [0.15, 0.2) is 0 Å². The van der Waals surface area contributed by atoms with E-state index in [1.807, 2.05) is 26.0 Å². The van der Waals surface area contributed by atoms with Crippen LogP contribution in [0, 0.1) is 19.8 Å². The van der Waals surface area contributed by atoms with Crippen LogP contribution in [0.1, 0.15) is 52.2 Å². The van der Waals surface area contributed by atoms with Gasteiger partial charge in [-0.3, -0.25) is 4.79 Å². The summed E-state index contributed by atoms with van der Waals surface area (Å²) in [6.45, 7) is 3.84. The molecular formula is C16H20O4. The maximum atomic E-state index is 11.8. The quantitative estimate of drug-likeness (QED) is 0.839. The first-order chi connectivity index (χ1) is 9.43. The molecule has 20 heavy (non-hydrogen) atoms. The van der Waals surface area contributed by atoms with E-state index in [1.54, 1.807) is 0 Å². The van der Waals surface area contributed by atoms with Gasteiger partial charge in [0.2, 0.25) is 0 Å². The van der Waals surface area contributed by atoms with Crippen molar-refractivity contribution in [2.75, 3.05) is 7.11 Å². The summed E-state index contributed by atoms with van der Waals surface area (Å²) in [7, 11) is 1.36. The summed E-state index contributed by atoms with van der Waals surface area (Å²) in [5, 5.41) is 9.10. The molecule has 1 aromatic rings. The van der Waals surface area contributed by atoms with Crippen molar-refractivity contribution in [3.8, 4) is 0 Å². The molecule has 0 bridgehead atoms. The van der Waals surface area contributed by atoms with Gasteiger partial charge >= 0.3 is 11.9 Å². The van der Waals surface area contributed by atoms with Gasteiger partial charge in [0.05, 0.1) is 19.1 Å². The molecule has 1 unspecified atom stereocenters. The van der Waals surface area contributed by atoms with Crippen molar-refractivity contribution in [2.24, 2.45) is 5.92 Å². The molecule has 1 fully saturated rings. The van der Waals surface area contributed by atoms with Gasteiger partial charge in [-0.2, -0.15) is 0 Å². The van der Waals surface area contributed by atoms with E-state index in [9.17, 15) is 9.59 Å². The molecule has 0 spiro atoms. The predicted molar refractivity (Wildman–Crippen MR) is 75.0 cm³/mol. The van der Waals surface area contributed by atoms with Gasteiger partial charge in [0.1, 0.15) is 0 Å². The molecule has 4 nitrogen and oxygen atoms in total. The summed E-state index contributed by atoms with van der Waals surface area (Å²) < 4.78 is 4.79. The van der Waals surface area contributed by atoms with Crippen LogP contribution in [0.3, 0.4) is 0 Å². The minimum atomic E-state index is -0.790. The highest BCUT2D eigenvalue weighted by molar-refractivity contribution is 5.91. The summed E-state index contributed by atoms with van der Waals surface area (Å²) in [6, 6.07) is 3.77. The Kier molecular flexibility index (Phi) is 4.12. The first-order valence-corrected chi connectivity index (χ1v) is 6.85. The molecule has 1 aliphatic rings. The Hall–Kier alpha value is -1.84. The molecule has 1 saturated carbocycles. The Bertz CT molecular complexity index is 544. The first-order valence-electron chi connectivity index (χ1n) is 6.85. The zero-order valence-electron chi connectivity index (χ0n) is 12.1. The maximum absolute atomic E-state index is 11.8. The highest BCUT2D eigenvalue weighted by Gasteiger charge is 2.35. The molecule has 1 aromatic carbocycles. The number of hydrogen-bond donors (Lipinski definition) is 1. The van der Waals surface area contributed by atoms with Gasteiger partial charge in [0, 0.05) is 0 Å². The summed E-state index contributed by atoms with van der Waals surface area (Å²) in [4.78, 5) is 22.9. The zero-order chi connectivity index (χ0) is 14.9. The lowest BCUT2D eigenvalue weighted by molar-refractivity contribution is -0.137. The molecule has 1 N–H and O–H groups in total. The van der Waals surface area contributed by atoms with E-state index in [2.05, 4.69) is 0 Å². The Morgan fingerprint density at radius 2 is 1.95 bits per heavy atom. The predicted octanol–water partition coefficient (Wildman–Crippen LogP) is 3.06. The van der Waals surface area contributed by atoms with Gasteiger partial charge in [-0.15, -0.1) is 0 Å². The number of carboxylic acid groups (broad SMARTS) is 1. The van der Waals surface area contributed by atoms with Crippen LogP contribution in [0.15, 0.2) is 12.1 Å². The number of esters is 1. The average Bonchev–Trinajstić information content (AvgIpc) is 3.20. The minimum absolute atomic E-state index is 0.00324. The average molecular weight is 276 g/mol. The van der Waals surface area contributed by atoms with Crippen LogP contribution in [0.25, 0.3) is 0 Å². The lowest BCUT2D eigenvalue weighted by Gasteiger charge is -2.19. The number of ether oxygens (including phenoxy) is 1. The van der Waals surface area contributed by atoms with E-state index in [0.29, 0.717) is 11.5 Å². The van der Waals surface area contributed by atoms with Crippen LogP contribution in [0.2, 0.25) is 0 Å². The van der Waals surface area contributed by atoms with Gasteiger partial charge in [-0.1, -0.05) is 6.07 Å². The number of rotatable bonds is 5. The topological polar surface area (TPSA) is 63.6 Å². The van der Waals surface area contributed by atoms with E-state index in [1.165, 1.54) is 7.11 Å². The molecule has 0 saturated heterocycles. The molecule has 0 amide bonds. The van der Waals surface area contributed by atoms with Gasteiger partial charge in [-0.05, 0) is 61.3 Å². The number of hydrogen-bond acceptors (Lipinski definition) is 3. The monoisotopic (exact) mass is 276 g/mol. The van der Waals surface area contributed by atoms with E-state index in [4.69, 9.17) is 9.84 Å². The van der Waals surface area contributed by atoms with Gasteiger partial charge < -0.3 is 9.84 Å². The third kappa shape index (κ3) is 3.00. The van der Waals surface area contributed by atoms with Crippen molar-refractivity contribution >= 4 is 11.9 Å². The molecule has 0 aliphatic heterocycles. The molecule has 108 valence electrons. The van der Waals surface area contributed by atoms with Crippen molar-refractivity contribution in [3.05, 3.63) is 34.4 Å². The minimum Gasteiger partial charge on any atom is -0.481 e. The highest BCUT2D eigenvalue weighted by atomic mass is 16.5. The lowest BCUT2D eigenvalue weighted by Crippen LogP contribution is -2.12.